The summed E-state index contributed by atoms with van der Waals surface area (Å²) in [5.74, 6) is 0.0751. The lowest BCUT2D eigenvalue weighted by Crippen LogP contribution is -2.39. The SMILES string of the molecule is CN=C(NC)NC(=O)c1cc2cc(Cl)cc(Cl)c2[nH]1. The lowest BCUT2D eigenvalue weighted by molar-refractivity contribution is 0.0972. The summed E-state index contributed by atoms with van der Waals surface area (Å²) in [7, 11) is 3.25. The summed E-state index contributed by atoms with van der Waals surface area (Å²) >= 11 is 12.0. The Labute approximate surface area is 120 Å². The first kappa shape index (κ1) is 13.7. The summed E-state index contributed by atoms with van der Waals surface area (Å²) in [5, 5.41) is 7.16. The highest BCUT2D eigenvalue weighted by molar-refractivity contribution is 6.38. The first-order valence-electron chi connectivity index (χ1n) is 5.48. The van der Waals surface area contributed by atoms with Gasteiger partial charge in [0.1, 0.15) is 5.69 Å². The second kappa shape index (κ2) is 5.50. The van der Waals surface area contributed by atoms with Crippen molar-refractivity contribution in [3.05, 3.63) is 33.9 Å². The minimum absolute atomic E-state index is 0.307. The number of aromatic nitrogens is 1. The highest BCUT2D eigenvalue weighted by Gasteiger charge is 2.13. The molecule has 0 radical (unpaired) electrons. The van der Waals surface area contributed by atoms with Crippen LogP contribution in [0, 0.1) is 0 Å². The standard InChI is InChI=1S/C12H12Cl2N4O/c1-15-12(16-2)18-11(19)9-4-6-3-7(13)5-8(14)10(6)17-9/h3-5,17H,1-2H3,(H2,15,16,18,19). The molecule has 0 aliphatic heterocycles. The maximum absolute atomic E-state index is 12.0. The molecule has 0 atom stereocenters. The van der Waals surface area contributed by atoms with Gasteiger partial charge >= 0.3 is 0 Å². The normalized spacial score (nSPS) is 11.7. The van der Waals surface area contributed by atoms with E-state index in [0.29, 0.717) is 27.2 Å². The molecule has 7 heteroatoms. The van der Waals surface area contributed by atoms with Crippen molar-refractivity contribution in [2.45, 2.75) is 0 Å². The molecule has 0 unspecified atom stereocenters. The number of guanidine groups is 1. The van der Waals surface area contributed by atoms with E-state index in [4.69, 9.17) is 23.2 Å². The molecule has 1 amide bonds. The van der Waals surface area contributed by atoms with E-state index in [1.54, 1.807) is 32.3 Å². The highest BCUT2D eigenvalue weighted by Crippen LogP contribution is 2.27. The third kappa shape index (κ3) is 2.83. The minimum atomic E-state index is -0.307. The molecule has 0 aliphatic rings. The van der Waals surface area contributed by atoms with Crippen LogP contribution in [-0.4, -0.2) is 30.9 Å². The molecule has 1 aromatic carbocycles. The van der Waals surface area contributed by atoms with Crippen LogP contribution in [0.5, 0.6) is 0 Å². The quantitative estimate of drug-likeness (QED) is 0.559. The molecular formula is C12H12Cl2N4O. The lowest BCUT2D eigenvalue weighted by Gasteiger charge is -2.05. The van der Waals surface area contributed by atoms with E-state index in [0.717, 1.165) is 5.39 Å². The zero-order valence-electron chi connectivity index (χ0n) is 10.3. The van der Waals surface area contributed by atoms with Gasteiger partial charge in [0.25, 0.3) is 5.91 Å². The van der Waals surface area contributed by atoms with Gasteiger partial charge in [-0.15, -0.1) is 0 Å². The first-order valence-corrected chi connectivity index (χ1v) is 6.24. The van der Waals surface area contributed by atoms with Crippen LogP contribution in [0.25, 0.3) is 10.9 Å². The number of nitrogens with zero attached hydrogens (tertiary/aromatic N) is 1. The number of nitrogens with one attached hydrogen (secondary N) is 3. The fraction of sp³-hybridized carbons (Fsp3) is 0.167. The average molecular weight is 299 g/mol. The van der Waals surface area contributed by atoms with Crippen LogP contribution in [0.2, 0.25) is 10.0 Å². The van der Waals surface area contributed by atoms with E-state index >= 15 is 0 Å². The molecule has 5 nitrogen and oxygen atoms in total. The zero-order valence-corrected chi connectivity index (χ0v) is 11.9. The van der Waals surface area contributed by atoms with Gasteiger partial charge in [-0.25, -0.2) is 0 Å². The topological polar surface area (TPSA) is 69.3 Å². The molecular weight excluding hydrogens is 287 g/mol. The first-order chi connectivity index (χ1) is 9.05. The van der Waals surface area contributed by atoms with Crippen molar-refractivity contribution in [2.24, 2.45) is 4.99 Å². The number of fused-ring (bicyclic) bond motifs is 1. The van der Waals surface area contributed by atoms with Crippen LogP contribution in [0.3, 0.4) is 0 Å². The monoisotopic (exact) mass is 298 g/mol. The van der Waals surface area contributed by atoms with Gasteiger partial charge < -0.3 is 10.3 Å². The lowest BCUT2D eigenvalue weighted by atomic mass is 10.2. The van der Waals surface area contributed by atoms with Crippen molar-refractivity contribution in [1.29, 1.82) is 0 Å². The van der Waals surface area contributed by atoms with E-state index in [2.05, 4.69) is 20.6 Å². The van der Waals surface area contributed by atoms with Crippen LogP contribution >= 0.6 is 23.2 Å². The van der Waals surface area contributed by atoms with E-state index in [1.807, 2.05) is 0 Å². The van der Waals surface area contributed by atoms with Gasteiger partial charge in [-0.1, -0.05) is 23.2 Å². The number of rotatable bonds is 1. The summed E-state index contributed by atoms with van der Waals surface area (Å²) < 4.78 is 0. The summed E-state index contributed by atoms with van der Waals surface area (Å²) in [6, 6.07) is 5.05. The summed E-state index contributed by atoms with van der Waals surface area (Å²) in [5.41, 5.74) is 1.06. The molecule has 0 spiro atoms. The molecule has 0 fully saturated rings. The molecule has 19 heavy (non-hydrogen) atoms. The molecule has 2 rings (SSSR count). The van der Waals surface area contributed by atoms with Crippen molar-refractivity contribution >= 4 is 46.0 Å². The number of aromatic amines is 1. The van der Waals surface area contributed by atoms with Crippen LogP contribution in [0.15, 0.2) is 23.2 Å². The highest BCUT2D eigenvalue weighted by atomic mass is 35.5. The summed E-state index contributed by atoms with van der Waals surface area (Å²) in [6.45, 7) is 0. The van der Waals surface area contributed by atoms with Gasteiger partial charge in [0.2, 0.25) is 0 Å². The Morgan fingerprint density at radius 3 is 2.68 bits per heavy atom. The fourth-order valence-corrected chi connectivity index (χ4v) is 2.25. The molecule has 3 N–H and O–H groups in total. The van der Waals surface area contributed by atoms with Crippen molar-refractivity contribution in [2.75, 3.05) is 14.1 Å². The van der Waals surface area contributed by atoms with Gasteiger partial charge in [0.05, 0.1) is 10.5 Å². The van der Waals surface area contributed by atoms with Crippen LogP contribution in [0.1, 0.15) is 10.5 Å². The van der Waals surface area contributed by atoms with Crippen LogP contribution < -0.4 is 10.6 Å². The van der Waals surface area contributed by atoms with Crippen LogP contribution in [-0.2, 0) is 0 Å². The molecule has 0 bridgehead atoms. The number of amides is 1. The second-order valence-corrected chi connectivity index (χ2v) is 4.65. The maximum Gasteiger partial charge on any atom is 0.274 e. The largest absolute Gasteiger partial charge is 0.359 e. The van der Waals surface area contributed by atoms with Crippen molar-refractivity contribution < 1.29 is 4.79 Å². The average Bonchev–Trinajstić information content (AvgIpc) is 2.79. The van der Waals surface area contributed by atoms with Crippen LogP contribution in [0.4, 0.5) is 0 Å². The fourth-order valence-electron chi connectivity index (χ4n) is 1.69. The molecule has 100 valence electrons. The third-order valence-corrected chi connectivity index (χ3v) is 3.10. The number of carbonyl (C=O) groups is 1. The van der Waals surface area contributed by atoms with Gasteiger partial charge in [0, 0.05) is 24.5 Å². The number of aliphatic imine (C=N–C) groups is 1. The Hall–Kier alpha value is -1.72. The predicted molar refractivity (Wildman–Crippen MR) is 78.2 cm³/mol. The Balaban J connectivity index is 2.36. The minimum Gasteiger partial charge on any atom is -0.359 e. The molecule has 2 aromatic rings. The van der Waals surface area contributed by atoms with E-state index in [-0.39, 0.29) is 5.91 Å². The number of carbonyl (C=O) groups excluding carboxylic acids is 1. The van der Waals surface area contributed by atoms with Gasteiger partial charge in [-0.2, -0.15) is 0 Å². The van der Waals surface area contributed by atoms with E-state index in [1.165, 1.54) is 0 Å². The Kier molecular flexibility index (Phi) is 3.97. The molecule has 0 saturated carbocycles. The third-order valence-electron chi connectivity index (χ3n) is 2.58. The molecule has 0 aliphatic carbocycles. The number of halogens is 2. The Bertz CT molecular complexity index is 663. The summed E-state index contributed by atoms with van der Waals surface area (Å²) in [6.07, 6.45) is 0. The maximum atomic E-state index is 12.0. The van der Waals surface area contributed by atoms with Gasteiger partial charge in [-0.05, 0) is 18.2 Å². The Morgan fingerprint density at radius 1 is 1.32 bits per heavy atom. The van der Waals surface area contributed by atoms with E-state index < -0.39 is 0 Å². The Morgan fingerprint density at radius 2 is 2.05 bits per heavy atom. The number of hydrogen-bond donors (Lipinski definition) is 3. The number of H-pyrrole nitrogens is 1. The van der Waals surface area contributed by atoms with Crippen molar-refractivity contribution in [3.63, 3.8) is 0 Å². The predicted octanol–water partition coefficient (Wildman–Crippen LogP) is 2.41. The van der Waals surface area contributed by atoms with Crippen molar-refractivity contribution in [3.8, 4) is 0 Å². The number of hydrogen-bond acceptors (Lipinski definition) is 2. The summed E-state index contributed by atoms with van der Waals surface area (Å²) in [4.78, 5) is 18.8. The van der Waals surface area contributed by atoms with Gasteiger partial charge in [-0.3, -0.25) is 15.1 Å². The number of benzene rings is 1. The molecule has 0 saturated heterocycles. The smallest absolute Gasteiger partial charge is 0.274 e. The molecule has 1 heterocycles. The van der Waals surface area contributed by atoms with Gasteiger partial charge in [0.15, 0.2) is 5.96 Å². The molecule has 1 aromatic heterocycles. The van der Waals surface area contributed by atoms with E-state index in [9.17, 15) is 4.79 Å². The second-order valence-electron chi connectivity index (χ2n) is 3.81. The zero-order chi connectivity index (χ0) is 14.0. The van der Waals surface area contributed by atoms with Crippen molar-refractivity contribution in [1.82, 2.24) is 15.6 Å².